The first-order valence-corrected chi connectivity index (χ1v) is 11.6. The number of sulfonamides is 1. The predicted molar refractivity (Wildman–Crippen MR) is 125 cm³/mol. The van der Waals surface area contributed by atoms with Crippen molar-refractivity contribution in [1.29, 1.82) is 0 Å². The Bertz CT molecular complexity index is 1190. The molecular weight excluding hydrogens is 408 g/mol. The zero-order valence-electron chi connectivity index (χ0n) is 18.3. The Morgan fingerprint density at radius 3 is 2.23 bits per heavy atom. The Morgan fingerprint density at radius 2 is 1.55 bits per heavy atom. The number of hydrogen-bond donors (Lipinski definition) is 1. The molecule has 1 N–H and O–H groups in total. The van der Waals surface area contributed by atoms with Gasteiger partial charge in [-0.25, -0.2) is 8.42 Å². The number of carbonyl (C=O) groups is 1. The molecule has 3 rings (SSSR count). The Labute approximate surface area is 184 Å². The molecule has 0 aromatic heterocycles. The second-order valence-corrected chi connectivity index (χ2v) is 9.67. The molecule has 0 saturated heterocycles. The van der Waals surface area contributed by atoms with Crippen LogP contribution in [0.5, 0.6) is 0 Å². The summed E-state index contributed by atoms with van der Waals surface area (Å²) in [5.41, 5.74) is 5.32. The van der Waals surface area contributed by atoms with Crippen LogP contribution in [0.15, 0.2) is 71.6 Å². The number of aryl methyl sites for hydroxylation is 3. The van der Waals surface area contributed by atoms with Gasteiger partial charge in [0, 0.05) is 6.54 Å². The zero-order chi connectivity index (χ0) is 22.6. The summed E-state index contributed by atoms with van der Waals surface area (Å²) in [6.07, 6.45) is 0. The van der Waals surface area contributed by atoms with Crippen LogP contribution in [0.1, 0.15) is 27.8 Å². The largest absolute Gasteiger partial charge is 0.350 e. The fourth-order valence-corrected chi connectivity index (χ4v) is 4.83. The lowest BCUT2D eigenvalue weighted by Crippen LogP contribution is -2.41. The number of carbonyl (C=O) groups excluding carboxylic acids is 1. The third-order valence-electron chi connectivity index (χ3n) is 5.31. The van der Waals surface area contributed by atoms with Crippen molar-refractivity contribution in [2.45, 2.75) is 39.1 Å². The van der Waals surface area contributed by atoms with Crippen molar-refractivity contribution in [2.24, 2.45) is 0 Å². The summed E-state index contributed by atoms with van der Waals surface area (Å²) in [4.78, 5) is 13.0. The molecule has 0 heterocycles. The summed E-state index contributed by atoms with van der Waals surface area (Å²) >= 11 is 0. The molecular formula is C25H28N2O3S. The molecule has 0 bridgehead atoms. The van der Waals surface area contributed by atoms with Crippen LogP contribution >= 0.6 is 0 Å². The smallest absolute Gasteiger partial charge is 0.264 e. The lowest BCUT2D eigenvalue weighted by molar-refractivity contribution is -0.119. The molecule has 1 amide bonds. The number of hydrogen-bond acceptors (Lipinski definition) is 3. The normalized spacial score (nSPS) is 11.2. The number of benzene rings is 3. The number of rotatable bonds is 7. The predicted octanol–water partition coefficient (Wildman–Crippen LogP) is 4.43. The maximum Gasteiger partial charge on any atom is 0.264 e. The molecule has 0 spiro atoms. The Morgan fingerprint density at radius 1 is 0.871 bits per heavy atom. The van der Waals surface area contributed by atoms with E-state index in [0.29, 0.717) is 12.2 Å². The van der Waals surface area contributed by atoms with Gasteiger partial charge < -0.3 is 5.32 Å². The van der Waals surface area contributed by atoms with E-state index in [1.807, 2.05) is 58.0 Å². The van der Waals surface area contributed by atoms with Crippen LogP contribution in [-0.2, 0) is 21.4 Å². The second kappa shape index (κ2) is 9.35. The number of nitrogens with zero attached hydrogens (tertiary/aromatic N) is 1. The number of amides is 1. The van der Waals surface area contributed by atoms with E-state index in [2.05, 4.69) is 5.32 Å². The van der Waals surface area contributed by atoms with Crippen molar-refractivity contribution >= 4 is 21.6 Å². The van der Waals surface area contributed by atoms with Crippen LogP contribution in [0.3, 0.4) is 0 Å². The van der Waals surface area contributed by atoms with Crippen LogP contribution in [0, 0.1) is 27.7 Å². The Hall–Kier alpha value is -3.12. The molecule has 0 radical (unpaired) electrons. The van der Waals surface area contributed by atoms with E-state index in [9.17, 15) is 13.2 Å². The van der Waals surface area contributed by atoms with Crippen molar-refractivity contribution in [3.8, 4) is 0 Å². The van der Waals surface area contributed by atoms with Gasteiger partial charge in [0.25, 0.3) is 10.0 Å². The molecule has 0 aliphatic rings. The van der Waals surface area contributed by atoms with E-state index in [1.165, 1.54) is 4.31 Å². The summed E-state index contributed by atoms with van der Waals surface area (Å²) < 4.78 is 28.2. The molecule has 0 atom stereocenters. The van der Waals surface area contributed by atoms with E-state index in [0.717, 1.165) is 27.8 Å². The molecule has 0 saturated carbocycles. The molecule has 3 aromatic rings. The van der Waals surface area contributed by atoms with Crippen LogP contribution in [0.2, 0.25) is 0 Å². The van der Waals surface area contributed by atoms with Gasteiger partial charge in [-0.3, -0.25) is 9.10 Å². The lowest BCUT2D eigenvalue weighted by Gasteiger charge is -2.26. The van der Waals surface area contributed by atoms with Gasteiger partial charge in [-0.15, -0.1) is 0 Å². The van der Waals surface area contributed by atoms with E-state index < -0.39 is 10.0 Å². The average molecular weight is 437 g/mol. The highest BCUT2D eigenvalue weighted by Gasteiger charge is 2.28. The maximum atomic E-state index is 13.5. The minimum atomic E-state index is -3.92. The van der Waals surface area contributed by atoms with E-state index >= 15 is 0 Å². The van der Waals surface area contributed by atoms with Crippen molar-refractivity contribution < 1.29 is 13.2 Å². The maximum absolute atomic E-state index is 13.5. The number of anilines is 1. The van der Waals surface area contributed by atoms with E-state index in [1.54, 1.807) is 36.4 Å². The molecule has 6 heteroatoms. The Kier molecular flexibility index (Phi) is 6.81. The van der Waals surface area contributed by atoms with Crippen LogP contribution in [0.25, 0.3) is 0 Å². The SMILES string of the molecule is Cc1ccc(S(=O)(=O)N(CC(=O)NCc2cccc(C)c2)c2cccc(C)c2C)cc1. The minimum Gasteiger partial charge on any atom is -0.350 e. The van der Waals surface area contributed by atoms with Gasteiger partial charge in [0.1, 0.15) is 6.54 Å². The van der Waals surface area contributed by atoms with Crippen LogP contribution in [-0.4, -0.2) is 20.9 Å². The van der Waals surface area contributed by atoms with Crippen molar-refractivity contribution in [3.63, 3.8) is 0 Å². The third kappa shape index (κ3) is 5.33. The molecule has 3 aromatic carbocycles. The van der Waals surface area contributed by atoms with E-state index in [-0.39, 0.29) is 17.3 Å². The molecule has 0 aliphatic carbocycles. The minimum absolute atomic E-state index is 0.158. The first-order valence-electron chi connectivity index (χ1n) is 10.2. The van der Waals surface area contributed by atoms with Gasteiger partial charge in [-0.05, 0) is 62.6 Å². The summed E-state index contributed by atoms with van der Waals surface area (Å²) in [5, 5.41) is 2.85. The van der Waals surface area contributed by atoms with E-state index in [4.69, 9.17) is 0 Å². The first-order chi connectivity index (χ1) is 14.7. The molecule has 0 aliphatic heterocycles. The average Bonchev–Trinajstić information content (AvgIpc) is 2.73. The van der Waals surface area contributed by atoms with Crippen molar-refractivity contribution in [2.75, 3.05) is 10.8 Å². The summed E-state index contributed by atoms with van der Waals surface area (Å²) in [7, 11) is -3.92. The highest BCUT2D eigenvalue weighted by molar-refractivity contribution is 7.92. The lowest BCUT2D eigenvalue weighted by atomic mass is 10.1. The van der Waals surface area contributed by atoms with Gasteiger partial charge in [0.15, 0.2) is 0 Å². The summed E-state index contributed by atoms with van der Waals surface area (Å²) in [6, 6.07) is 20.0. The molecule has 5 nitrogen and oxygen atoms in total. The van der Waals surface area contributed by atoms with Gasteiger partial charge in [0.05, 0.1) is 10.6 Å². The molecule has 0 fully saturated rings. The fraction of sp³-hybridized carbons (Fsp3) is 0.240. The number of nitrogens with one attached hydrogen (secondary N) is 1. The zero-order valence-corrected chi connectivity index (χ0v) is 19.2. The van der Waals surface area contributed by atoms with Crippen molar-refractivity contribution in [3.05, 3.63) is 94.5 Å². The highest BCUT2D eigenvalue weighted by atomic mass is 32.2. The summed E-state index contributed by atoms with van der Waals surface area (Å²) in [6.45, 7) is 7.72. The topological polar surface area (TPSA) is 66.5 Å². The quantitative estimate of drug-likeness (QED) is 0.596. The molecule has 31 heavy (non-hydrogen) atoms. The summed E-state index contributed by atoms with van der Waals surface area (Å²) in [5.74, 6) is -0.363. The molecule has 0 unspecified atom stereocenters. The van der Waals surface area contributed by atoms with Crippen molar-refractivity contribution in [1.82, 2.24) is 5.32 Å². The van der Waals surface area contributed by atoms with Gasteiger partial charge in [0.2, 0.25) is 5.91 Å². The van der Waals surface area contributed by atoms with Gasteiger partial charge >= 0.3 is 0 Å². The highest BCUT2D eigenvalue weighted by Crippen LogP contribution is 2.28. The van der Waals surface area contributed by atoms with Gasteiger partial charge in [-0.2, -0.15) is 0 Å². The fourth-order valence-electron chi connectivity index (χ4n) is 3.35. The monoisotopic (exact) mass is 436 g/mol. The van der Waals surface area contributed by atoms with Gasteiger partial charge in [-0.1, -0.05) is 59.7 Å². The Balaban J connectivity index is 1.91. The second-order valence-electron chi connectivity index (χ2n) is 7.81. The standard InChI is InChI=1S/C25H28N2O3S/c1-18-11-13-23(14-12-18)31(29,30)27(24-10-6-8-20(3)21(24)4)17-25(28)26-16-22-9-5-7-19(2)15-22/h5-15H,16-17H2,1-4H3,(H,26,28). The molecule has 162 valence electrons. The first kappa shape index (κ1) is 22.6. The van der Waals surface area contributed by atoms with Crippen LogP contribution in [0.4, 0.5) is 5.69 Å². The third-order valence-corrected chi connectivity index (χ3v) is 7.09. The van der Waals surface area contributed by atoms with Crippen LogP contribution < -0.4 is 9.62 Å².